The standard InChI is InChI=1S/C25H28N4S/c1-5-19-15-30-25-27-23(21-11-8-9-13-26-21)24(29(19)25)20-14-17(3)28(18(20)4)22-12-7-6-10-16(22)2/h6-14,19,23-24H,5,15H2,1-4H3/t19-,23+,24-/m1/s1. The molecule has 0 radical (unpaired) electrons. The van der Waals surface area contributed by atoms with Gasteiger partial charge >= 0.3 is 0 Å². The lowest BCUT2D eigenvalue weighted by molar-refractivity contribution is 0.254. The number of aromatic nitrogens is 2. The van der Waals surface area contributed by atoms with Crippen molar-refractivity contribution in [2.45, 2.75) is 52.2 Å². The van der Waals surface area contributed by atoms with Gasteiger partial charge in [0, 0.05) is 35.1 Å². The van der Waals surface area contributed by atoms with E-state index in [0.29, 0.717) is 6.04 Å². The minimum Gasteiger partial charge on any atom is -0.338 e. The van der Waals surface area contributed by atoms with Crippen molar-refractivity contribution >= 4 is 16.9 Å². The summed E-state index contributed by atoms with van der Waals surface area (Å²) in [6.45, 7) is 8.94. The van der Waals surface area contributed by atoms with Crippen LogP contribution in [0.15, 0.2) is 59.7 Å². The Hall–Kier alpha value is -2.53. The molecule has 2 aromatic heterocycles. The smallest absolute Gasteiger partial charge is 0.160 e. The predicted octanol–water partition coefficient (Wildman–Crippen LogP) is 5.78. The van der Waals surface area contributed by atoms with E-state index in [4.69, 9.17) is 9.98 Å². The summed E-state index contributed by atoms with van der Waals surface area (Å²) in [4.78, 5) is 12.5. The minimum atomic E-state index is 0.0360. The number of hydrogen-bond acceptors (Lipinski definition) is 4. The molecule has 5 heteroatoms. The summed E-state index contributed by atoms with van der Waals surface area (Å²) in [5.41, 5.74) is 7.54. The number of nitrogens with zero attached hydrogens (tertiary/aromatic N) is 4. The number of rotatable bonds is 4. The highest BCUT2D eigenvalue weighted by Gasteiger charge is 2.46. The first kappa shape index (κ1) is 19.4. The Kier molecular flexibility index (Phi) is 4.94. The first-order valence-corrected chi connectivity index (χ1v) is 11.7. The van der Waals surface area contributed by atoms with Gasteiger partial charge in [-0.25, -0.2) is 0 Å². The molecule has 3 atom stereocenters. The van der Waals surface area contributed by atoms with Crippen LogP contribution in [0.4, 0.5) is 0 Å². The second kappa shape index (κ2) is 7.62. The molecule has 2 aliphatic rings. The highest BCUT2D eigenvalue weighted by molar-refractivity contribution is 8.14. The zero-order chi connectivity index (χ0) is 20.8. The molecule has 30 heavy (non-hydrogen) atoms. The SMILES string of the molecule is CC[C@@H]1CSC2=N[C@@H](c3ccccn3)[C@@H](c3cc(C)n(-c4ccccc4C)c3C)N21. The van der Waals surface area contributed by atoms with E-state index in [9.17, 15) is 0 Å². The Balaban J connectivity index is 1.66. The van der Waals surface area contributed by atoms with Gasteiger partial charge in [0.05, 0.1) is 11.7 Å². The van der Waals surface area contributed by atoms with Crippen LogP contribution in [0.25, 0.3) is 5.69 Å². The first-order valence-electron chi connectivity index (χ1n) is 10.7. The highest BCUT2D eigenvalue weighted by Crippen LogP contribution is 2.49. The van der Waals surface area contributed by atoms with Crippen molar-refractivity contribution in [3.05, 3.63) is 82.9 Å². The number of hydrogen-bond donors (Lipinski definition) is 0. The van der Waals surface area contributed by atoms with Gasteiger partial charge in [-0.2, -0.15) is 0 Å². The second-order valence-electron chi connectivity index (χ2n) is 8.28. The first-order chi connectivity index (χ1) is 14.6. The Bertz CT molecular complexity index is 1100. The molecule has 3 aromatic rings. The molecule has 1 aromatic carbocycles. The Morgan fingerprint density at radius 1 is 1.07 bits per heavy atom. The molecule has 4 nitrogen and oxygen atoms in total. The fourth-order valence-corrected chi connectivity index (χ4v) is 6.30. The van der Waals surface area contributed by atoms with Crippen molar-refractivity contribution in [2.75, 3.05) is 5.75 Å². The maximum absolute atomic E-state index is 5.18. The largest absolute Gasteiger partial charge is 0.338 e. The molecule has 0 spiro atoms. The van der Waals surface area contributed by atoms with E-state index >= 15 is 0 Å². The summed E-state index contributed by atoms with van der Waals surface area (Å²) >= 11 is 1.90. The van der Waals surface area contributed by atoms with Gasteiger partial charge in [0.15, 0.2) is 5.17 Å². The molecule has 2 aliphatic heterocycles. The van der Waals surface area contributed by atoms with Gasteiger partial charge in [-0.1, -0.05) is 43.0 Å². The van der Waals surface area contributed by atoms with Gasteiger partial charge in [0.2, 0.25) is 0 Å². The third-order valence-electron chi connectivity index (χ3n) is 6.47. The van der Waals surface area contributed by atoms with E-state index in [-0.39, 0.29) is 12.1 Å². The Morgan fingerprint density at radius 3 is 2.60 bits per heavy atom. The minimum absolute atomic E-state index is 0.0360. The number of amidine groups is 1. The van der Waals surface area contributed by atoms with Crippen LogP contribution in [0.3, 0.4) is 0 Å². The monoisotopic (exact) mass is 416 g/mol. The summed E-state index contributed by atoms with van der Waals surface area (Å²) in [5.74, 6) is 1.12. The molecular weight excluding hydrogens is 388 g/mol. The molecule has 0 amide bonds. The number of thioether (sulfide) groups is 1. The molecule has 0 unspecified atom stereocenters. The lowest BCUT2D eigenvalue weighted by atomic mass is 9.95. The summed E-state index contributed by atoms with van der Waals surface area (Å²) in [6.07, 6.45) is 3.02. The number of pyridine rings is 1. The number of benzene rings is 1. The molecule has 154 valence electrons. The Labute approximate surface area is 183 Å². The highest BCUT2D eigenvalue weighted by atomic mass is 32.2. The van der Waals surface area contributed by atoms with E-state index in [1.54, 1.807) is 0 Å². The lowest BCUT2D eigenvalue weighted by Crippen LogP contribution is -2.35. The van der Waals surface area contributed by atoms with Crippen molar-refractivity contribution in [2.24, 2.45) is 4.99 Å². The second-order valence-corrected chi connectivity index (χ2v) is 9.27. The van der Waals surface area contributed by atoms with Crippen LogP contribution in [0, 0.1) is 20.8 Å². The van der Waals surface area contributed by atoms with E-state index in [0.717, 1.165) is 17.9 Å². The molecule has 5 rings (SSSR count). The summed E-state index contributed by atoms with van der Waals surface area (Å²) in [6, 6.07) is 17.9. The molecular formula is C25H28N4S. The van der Waals surface area contributed by atoms with Gasteiger partial charge in [0.25, 0.3) is 0 Å². The maximum Gasteiger partial charge on any atom is 0.160 e. The van der Waals surface area contributed by atoms with Crippen LogP contribution in [0.1, 0.15) is 53.6 Å². The van der Waals surface area contributed by atoms with Gasteiger partial charge in [-0.15, -0.1) is 0 Å². The van der Waals surface area contributed by atoms with Crippen molar-refractivity contribution in [1.29, 1.82) is 0 Å². The van der Waals surface area contributed by atoms with Crippen molar-refractivity contribution < 1.29 is 0 Å². The van der Waals surface area contributed by atoms with Gasteiger partial charge in [-0.05, 0) is 62.6 Å². The molecule has 0 aliphatic carbocycles. The fraction of sp³-hybridized carbons (Fsp3) is 0.360. The zero-order valence-corrected chi connectivity index (χ0v) is 18.9. The van der Waals surface area contributed by atoms with Crippen LogP contribution in [0.5, 0.6) is 0 Å². The van der Waals surface area contributed by atoms with Crippen LogP contribution in [-0.4, -0.2) is 31.4 Å². The summed E-state index contributed by atoms with van der Waals surface area (Å²) < 4.78 is 2.41. The molecule has 4 heterocycles. The molecule has 0 bridgehead atoms. The van der Waals surface area contributed by atoms with E-state index in [2.05, 4.69) is 79.6 Å². The topological polar surface area (TPSA) is 33.4 Å². The number of aryl methyl sites for hydroxylation is 2. The predicted molar refractivity (Wildman–Crippen MR) is 126 cm³/mol. The van der Waals surface area contributed by atoms with Gasteiger partial charge in [-0.3, -0.25) is 9.98 Å². The zero-order valence-electron chi connectivity index (χ0n) is 18.0. The van der Waals surface area contributed by atoms with Crippen molar-refractivity contribution in [3.63, 3.8) is 0 Å². The van der Waals surface area contributed by atoms with Crippen LogP contribution in [-0.2, 0) is 0 Å². The molecule has 1 saturated heterocycles. The quantitative estimate of drug-likeness (QED) is 0.541. The van der Waals surface area contributed by atoms with Gasteiger partial charge < -0.3 is 9.47 Å². The Morgan fingerprint density at radius 2 is 1.87 bits per heavy atom. The van der Waals surface area contributed by atoms with E-state index in [1.807, 2.05) is 24.0 Å². The van der Waals surface area contributed by atoms with E-state index in [1.165, 1.54) is 33.4 Å². The summed E-state index contributed by atoms with van der Waals surface area (Å²) in [5, 5.41) is 1.18. The van der Waals surface area contributed by atoms with Crippen molar-refractivity contribution in [3.8, 4) is 5.69 Å². The normalized spacial score (nSPS) is 23.0. The average molecular weight is 417 g/mol. The number of aliphatic imine (C=N–C) groups is 1. The van der Waals surface area contributed by atoms with Crippen LogP contribution in [0.2, 0.25) is 0 Å². The summed E-state index contributed by atoms with van der Waals surface area (Å²) in [7, 11) is 0. The number of para-hydroxylation sites is 1. The molecule has 0 N–H and O–H groups in total. The third-order valence-corrected chi connectivity index (χ3v) is 7.60. The maximum atomic E-state index is 5.18. The van der Waals surface area contributed by atoms with E-state index < -0.39 is 0 Å². The lowest BCUT2D eigenvalue weighted by Gasteiger charge is -2.32. The molecule has 0 saturated carbocycles. The van der Waals surface area contributed by atoms with Crippen molar-refractivity contribution in [1.82, 2.24) is 14.5 Å². The van der Waals surface area contributed by atoms with Gasteiger partial charge in [0.1, 0.15) is 6.04 Å². The molecule has 1 fully saturated rings. The average Bonchev–Trinajstić information content (AvgIpc) is 3.41. The number of fused-ring (bicyclic) bond motifs is 1. The third kappa shape index (κ3) is 2.99. The van der Waals surface area contributed by atoms with Crippen LogP contribution >= 0.6 is 11.8 Å². The fourth-order valence-electron chi connectivity index (χ4n) is 4.96. The van der Waals surface area contributed by atoms with Crippen LogP contribution < -0.4 is 0 Å².